The third kappa shape index (κ3) is 10.0. The average Bonchev–Trinajstić information content (AvgIpc) is 3.29. The third-order valence-corrected chi connectivity index (χ3v) is 15.2. The van der Waals surface area contributed by atoms with Crippen LogP contribution in [0.5, 0.6) is 46.0 Å². The van der Waals surface area contributed by atoms with Gasteiger partial charge in [0.1, 0.15) is 46.0 Å². The summed E-state index contributed by atoms with van der Waals surface area (Å²) in [6.45, 7) is 0. The van der Waals surface area contributed by atoms with Gasteiger partial charge in [0.2, 0.25) is 29.5 Å². The molecule has 0 saturated heterocycles. The van der Waals surface area contributed by atoms with Crippen LogP contribution < -0.4 is 18.9 Å². The molecule has 0 bridgehead atoms. The minimum Gasteiger partial charge on any atom is -0.457 e. The monoisotopic (exact) mass is 934 g/mol. The lowest BCUT2D eigenvalue weighted by molar-refractivity contribution is 0.468. The number of halogens is 2. The van der Waals surface area contributed by atoms with Crippen molar-refractivity contribution in [2.75, 3.05) is 0 Å². The SMILES string of the molecule is O=S(=O)(c1ccc(Cl)cc1)c1ccc(Oc2ccc(Oc3ccc(S(=O)(=O)c4ccc(Oc5ccc(Oc6ccc(S(=O)(=O)c7ccc(Cl)cc7)cc6)cc5)cc4)cc3)cc2)cc1. The quantitative estimate of drug-likeness (QED) is 0.103. The van der Waals surface area contributed by atoms with E-state index in [0.717, 1.165) is 0 Å². The molecule has 0 aliphatic heterocycles. The highest BCUT2D eigenvalue weighted by Gasteiger charge is 2.20. The van der Waals surface area contributed by atoms with E-state index in [4.69, 9.17) is 42.1 Å². The first-order chi connectivity index (χ1) is 30.2. The van der Waals surface area contributed by atoms with E-state index in [1.165, 1.54) is 97.1 Å². The van der Waals surface area contributed by atoms with Gasteiger partial charge in [-0.3, -0.25) is 0 Å². The summed E-state index contributed by atoms with van der Waals surface area (Å²) in [5, 5.41) is 0.884. The van der Waals surface area contributed by atoms with Gasteiger partial charge in [-0.2, -0.15) is 0 Å². The minimum absolute atomic E-state index is 0.0765. The Balaban J connectivity index is 0.829. The van der Waals surface area contributed by atoms with Crippen LogP contribution >= 0.6 is 23.2 Å². The van der Waals surface area contributed by atoms with Gasteiger partial charge in [0.25, 0.3) is 0 Å². The number of ether oxygens (including phenoxy) is 4. The molecule has 0 aliphatic carbocycles. The van der Waals surface area contributed by atoms with E-state index in [-0.39, 0.29) is 29.4 Å². The maximum atomic E-state index is 13.5. The molecule has 316 valence electrons. The van der Waals surface area contributed by atoms with Crippen molar-refractivity contribution in [2.45, 2.75) is 29.4 Å². The second-order valence-corrected chi connectivity index (χ2v) is 20.4. The number of sulfone groups is 3. The van der Waals surface area contributed by atoms with Crippen LogP contribution in [0.2, 0.25) is 10.0 Å². The van der Waals surface area contributed by atoms with Crippen molar-refractivity contribution < 1.29 is 44.2 Å². The van der Waals surface area contributed by atoms with Gasteiger partial charge in [-0.1, -0.05) is 23.2 Å². The minimum atomic E-state index is -3.86. The van der Waals surface area contributed by atoms with E-state index in [9.17, 15) is 25.3 Å². The zero-order valence-corrected chi connectivity index (χ0v) is 36.5. The second kappa shape index (κ2) is 18.0. The maximum Gasteiger partial charge on any atom is 0.206 e. The molecule has 0 fully saturated rings. The number of rotatable bonds is 14. The van der Waals surface area contributed by atoms with E-state index in [2.05, 4.69) is 0 Å². The lowest BCUT2D eigenvalue weighted by Gasteiger charge is -2.11. The van der Waals surface area contributed by atoms with Crippen LogP contribution in [0.3, 0.4) is 0 Å². The molecule has 8 rings (SSSR count). The molecule has 0 spiro atoms. The normalized spacial score (nSPS) is 11.7. The van der Waals surface area contributed by atoms with Crippen LogP contribution in [0.1, 0.15) is 0 Å². The van der Waals surface area contributed by atoms with Crippen LogP contribution in [0.15, 0.2) is 223 Å². The average molecular weight is 936 g/mol. The molecule has 0 aromatic heterocycles. The Morgan fingerprint density at radius 1 is 0.222 bits per heavy atom. The molecule has 0 amide bonds. The first-order valence-electron chi connectivity index (χ1n) is 18.8. The van der Waals surface area contributed by atoms with E-state index in [0.29, 0.717) is 56.0 Å². The fourth-order valence-corrected chi connectivity index (χ4v) is 10.1. The summed E-state index contributed by atoms with van der Waals surface area (Å²) in [7, 11) is -11.3. The van der Waals surface area contributed by atoms with Crippen molar-refractivity contribution in [3.8, 4) is 46.0 Å². The number of hydrogen-bond donors (Lipinski definition) is 0. The van der Waals surface area contributed by atoms with Crippen molar-refractivity contribution in [3.05, 3.63) is 204 Å². The molecule has 10 nitrogen and oxygen atoms in total. The summed E-state index contributed by atoms with van der Waals surface area (Å²) >= 11 is 11.8. The van der Waals surface area contributed by atoms with Crippen molar-refractivity contribution in [1.82, 2.24) is 0 Å². The molecular formula is C48H32Cl2O10S3. The van der Waals surface area contributed by atoms with Gasteiger partial charge in [-0.25, -0.2) is 25.3 Å². The van der Waals surface area contributed by atoms with Gasteiger partial charge in [0.15, 0.2) is 0 Å². The largest absolute Gasteiger partial charge is 0.457 e. The van der Waals surface area contributed by atoms with Crippen LogP contribution in [-0.4, -0.2) is 25.3 Å². The Hall–Kier alpha value is -6.61. The Bertz CT molecular complexity index is 2990. The molecule has 0 unspecified atom stereocenters. The van der Waals surface area contributed by atoms with Crippen molar-refractivity contribution in [2.24, 2.45) is 0 Å². The van der Waals surface area contributed by atoms with Gasteiger partial charge >= 0.3 is 0 Å². The zero-order chi connectivity index (χ0) is 44.2. The van der Waals surface area contributed by atoms with Crippen molar-refractivity contribution in [1.29, 1.82) is 0 Å². The smallest absolute Gasteiger partial charge is 0.206 e. The Kier molecular flexibility index (Phi) is 12.3. The molecule has 0 heterocycles. The maximum absolute atomic E-state index is 13.5. The highest BCUT2D eigenvalue weighted by Crippen LogP contribution is 2.33. The summed E-state index contributed by atoms with van der Waals surface area (Å²) in [6.07, 6.45) is 0. The highest BCUT2D eigenvalue weighted by molar-refractivity contribution is 7.92. The Morgan fingerprint density at radius 3 is 0.508 bits per heavy atom. The highest BCUT2D eigenvalue weighted by atomic mass is 35.5. The third-order valence-electron chi connectivity index (χ3n) is 9.37. The summed E-state index contributed by atoms with van der Waals surface area (Å²) in [5.74, 6) is 3.65. The predicted octanol–water partition coefficient (Wildman–Crippen LogP) is 12.7. The summed E-state index contributed by atoms with van der Waals surface area (Å²) < 4.78 is 102. The van der Waals surface area contributed by atoms with Gasteiger partial charge in [-0.15, -0.1) is 0 Å². The lowest BCUT2D eigenvalue weighted by atomic mass is 10.3. The molecule has 8 aromatic rings. The number of hydrogen-bond acceptors (Lipinski definition) is 10. The fourth-order valence-electron chi connectivity index (χ4n) is 6.08. The van der Waals surface area contributed by atoms with E-state index in [1.54, 1.807) is 97.1 Å². The van der Waals surface area contributed by atoms with E-state index < -0.39 is 29.5 Å². The lowest BCUT2D eigenvalue weighted by Crippen LogP contribution is -2.02. The summed E-state index contributed by atoms with van der Waals surface area (Å²) in [5.41, 5.74) is 0. The van der Waals surface area contributed by atoms with Gasteiger partial charge < -0.3 is 18.9 Å². The molecule has 15 heteroatoms. The molecule has 0 N–H and O–H groups in total. The van der Waals surface area contributed by atoms with Crippen LogP contribution in [-0.2, 0) is 29.5 Å². The Morgan fingerprint density at radius 2 is 0.349 bits per heavy atom. The molecule has 8 aromatic carbocycles. The standard InChI is InChI=1S/C48H32Cl2O10S3/c49-33-1-21-43(22-2-33)61(51,52)45-25-13-39(14-26-45)57-35-5-9-37(10-6-35)59-41-17-29-47(30-18-41)63(55,56)48-31-19-42(20-32-48)60-38-11-7-36(8-12-38)58-40-15-27-46(28-16-40)62(53,54)44-23-3-34(50)4-24-44/h1-32H. The van der Waals surface area contributed by atoms with Crippen LogP contribution in [0, 0.1) is 0 Å². The molecule has 0 atom stereocenters. The predicted molar refractivity (Wildman–Crippen MR) is 238 cm³/mol. The molecule has 63 heavy (non-hydrogen) atoms. The zero-order valence-electron chi connectivity index (χ0n) is 32.5. The summed E-state index contributed by atoms with van der Waals surface area (Å²) in [4.78, 5) is 0.658. The van der Waals surface area contributed by atoms with Crippen LogP contribution in [0.4, 0.5) is 0 Å². The van der Waals surface area contributed by atoms with Crippen molar-refractivity contribution >= 4 is 52.7 Å². The van der Waals surface area contributed by atoms with E-state index >= 15 is 0 Å². The van der Waals surface area contributed by atoms with Gasteiger partial charge in [0, 0.05) is 10.0 Å². The van der Waals surface area contributed by atoms with Gasteiger partial charge in [0.05, 0.1) is 29.4 Å². The molecule has 0 aliphatic rings. The molecular weight excluding hydrogens is 904 g/mol. The summed E-state index contributed by atoms with van der Waals surface area (Å²) in [6, 6.07) is 49.6. The first kappa shape index (κ1) is 43.1. The second-order valence-electron chi connectivity index (χ2n) is 13.7. The van der Waals surface area contributed by atoms with Gasteiger partial charge in [-0.05, 0) is 194 Å². The Labute approximate surface area is 374 Å². The molecule has 0 saturated carbocycles. The van der Waals surface area contributed by atoms with Crippen LogP contribution in [0.25, 0.3) is 0 Å². The fraction of sp³-hybridized carbons (Fsp3) is 0. The first-order valence-corrected chi connectivity index (χ1v) is 24.0. The van der Waals surface area contributed by atoms with E-state index in [1.807, 2.05) is 0 Å². The topological polar surface area (TPSA) is 139 Å². The molecule has 0 radical (unpaired) electrons. The van der Waals surface area contributed by atoms with Crippen molar-refractivity contribution in [3.63, 3.8) is 0 Å². The number of benzene rings is 8.